The zero-order chi connectivity index (χ0) is 12.3. The van der Waals surface area contributed by atoms with E-state index in [1.807, 2.05) is 23.1 Å². The van der Waals surface area contributed by atoms with Gasteiger partial charge in [-0.25, -0.2) is 0 Å². The Hall–Kier alpha value is -1.03. The van der Waals surface area contributed by atoms with Crippen molar-refractivity contribution in [3.05, 3.63) is 28.2 Å². The Balaban J connectivity index is 2.29. The van der Waals surface area contributed by atoms with Gasteiger partial charge in [0.05, 0.1) is 12.7 Å². The van der Waals surface area contributed by atoms with Gasteiger partial charge in [0.25, 0.3) is 5.91 Å². The van der Waals surface area contributed by atoms with Crippen LogP contribution in [0.2, 0.25) is 0 Å². The fraction of sp³-hybridized carbons (Fsp3) is 0.462. The summed E-state index contributed by atoms with van der Waals surface area (Å²) in [6, 6.07) is 5.57. The third kappa shape index (κ3) is 2.63. The first-order valence-electron chi connectivity index (χ1n) is 5.86. The van der Waals surface area contributed by atoms with E-state index in [0.717, 1.165) is 30.4 Å². The number of halogens is 1. The number of carbonyl (C=O) groups excluding carboxylic acids is 1. The molecule has 1 fully saturated rings. The summed E-state index contributed by atoms with van der Waals surface area (Å²) in [5.74, 6) is 0.698. The predicted molar refractivity (Wildman–Crippen MR) is 70.4 cm³/mol. The van der Waals surface area contributed by atoms with Crippen LogP contribution in [-0.4, -0.2) is 31.0 Å². The van der Waals surface area contributed by atoms with E-state index in [2.05, 4.69) is 15.9 Å². The minimum Gasteiger partial charge on any atom is -0.496 e. The molecule has 0 radical (unpaired) electrons. The number of benzene rings is 1. The molecule has 2 rings (SSSR count). The van der Waals surface area contributed by atoms with E-state index < -0.39 is 0 Å². The third-order valence-corrected chi connectivity index (χ3v) is 3.71. The number of hydrogen-bond donors (Lipinski definition) is 0. The van der Waals surface area contributed by atoms with Crippen molar-refractivity contribution in [1.29, 1.82) is 0 Å². The molecule has 17 heavy (non-hydrogen) atoms. The van der Waals surface area contributed by atoms with Gasteiger partial charge in [-0.2, -0.15) is 0 Å². The Morgan fingerprint density at radius 2 is 2.00 bits per heavy atom. The van der Waals surface area contributed by atoms with E-state index >= 15 is 0 Å². The van der Waals surface area contributed by atoms with Gasteiger partial charge < -0.3 is 9.64 Å². The smallest absolute Gasteiger partial charge is 0.258 e. The van der Waals surface area contributed by atoms with Crippen LogP contribution in [0.1, 0.15) is 29.6 Å². The van der Waals surface area contributed by atoms with Gasteiger partial charge in [-0.15, -0.1) is 0 Å². The van der Waals surface area contributed by atoms with Gasteiger partial charge >= 0.3 is 0 Å². The molecule has 0 aliphatic carbocycles. The molecule has 1 aromatic rings. The first-order valence-corrected chi connectivity index (χ1v) is 6.65. The first-order chi connectivity index (χ1) is 8.24. The minimum absolute atomic E-state index is 0.0639. The van der Waals surface area contributed by atoms with E-state index in [1.54, 1.807) is 7.11 Å². The highest BCUT2D eigenvalue weighted by Crippen LogP contribution is 2.28. The molecule has 0 saturated carbocycles. The molecule has 1 amide bonds. The van der Waals surface area contributed by atoms with Gasteiger partial charge in [0.2, 0.25) is 0 Å². The highest BCUT2D eigenvalue weighted by Gasteiger charge is 2.23. The van der Waals surface area contributed by atoms with Crippen molar-refractivity contribution in [2.24, 2.45) is 0 Å². The van der Waals surface area contributed by atoms with Crippen LogP contribution in [0.5, 0.6) is 5.75 Å². The van der Waals surface area contributed by atoms with E-state index in [9.17, 15) is 4.79 Å². The van der Waals surface area contributed by atoms with E-state index in [4.69, 9.17) is 4.74 Å². The van der Waals surface area contributed by atoms with Crippen LogP contribution in [0.3, 0.4) is 0 Å². The van der Waals surface area contributed by atoms with Crippen LogP contribution < -0.4 is 4.74 Å². The number of hydrogen-bond acceptors (Lipinski definition) is 2. The summed E-state index contributed by atoms with van der Waals surface area (Å²) in [6.07, 6.45) is 3.41. The number of rotatable bonds is 2. The summed E-state index contributed by atoms with van der Waals surface area (Å²) < 4.78 is 6.06. The van der Waals surface area contributed by atoms with Gasteiger partial charge in [0.15, 0.2) is 0 Å². The van der Waals surface area contributed by atoms with Crippen LogP contribution in [0.4, 0.5) is 0 Å². The second-order valence-corrected chi connectivity index (χ2v) is 5.02. The molecule has 1 aromatic carbocycles. The summed E-state index contributed by atoms with van der Waals surface area (Å²) >= 11 is 3.43. The molecular formula is C13H16BrNO2. The van der Waals surface area contributed by atoms with Crippen molar-refractivity contribution in [3.8, 4) is 5.75 Å². The van der Waals surface area contributed by atoms with Crippen LogP contribution >= 0.6 is 15.9 Å². The third-order valence-electron chi connectivity index (χ3n) is 3.05. The van der Waals surface area contributed by atoms with E-state index in [1.165, 1.54) is 6.42 Å². The lowest BCUT2D eigenvalue weighted by Gasteiger charge is -2.27. The van der Waals surface area contributed by atoms with Crippen LogP contribution in [0.25, 0.3) is 0 Å². The predicted octanol–water partition coefficient (Wildman–Crippen LogP) is 3.08. The lowest BCUT2D eigenvalue weighted by atomic mass is 10.1. The van der Waals surface area contributed by atoms with Crippen LogP contribution in [0.15, 0.2) is 22.7 Å². The quantitative estimate of drug-likeness (QED) is 0.839. The Morgan fingerprint density at radius 1 is 1.29 bits per heavy atom. The highest BCUT2D eigenvalue weighted by atomic mass is 79.9. The van der Waals surface area contributed by atoms with Crippen molar-refractivity contribution in [2.45, 2.75) is 19.3 Å². The van der Waals surface area contributed by atoms with Gasteiger partial charge in [-0.05, 0) is 47.3 Å². The molecule has 0 aromatic heterocycles. The zero-order valence-corrected chi connectivity index (χ0v) is 11.5. The van der Waals surface area contributed by atoms with Gasteiger partial charge in [0.1, 0.15) is 5.75 Å². The largest absolute Gasteiger partial charge is 0.496 e. The lowest BCUT2D eigenvalue weighted by molar-refractivity contribution is 0.0720. The minimum atomic E-state index is 0.0639. The van der Waals surface area contributed by atoms with Crippen molar-refractivity contribution < 1.29 is 9.53 Å². The second kappa shape index (κ2) is 5.54. The number of ether oxygens (including phenoxy) is 1. The molecule has 4 heteroatoms. The summed E-state index contributed by atoms with van der Waals surface area (Å²) in [5, 5.41) is 0. The Labute approximate surface area is 110 Å². The Morgan fingerprint density at radius 3 is 2.65 bits per heavy atom. The number of methoxy groups -OCH3 is 1. The number of carbonyl (C=O) groups is 1. The molecule has 0 atom stereocenters. The van der Waals surface area contributed by atoms with Gasteiger partial charge in [0, 0.05) is 17.6 Å². The molecule has 3 nitrogen and oxygen atoms in total. The maximum atomic E-state index is 12.4. The zero-order valence-electron chi connectivity index (χ0n) is 9.91. The van der Waals surface area contributed by atoms with Gasteiger partial charge in [-0.1, -0.05) is 6.07 Å². The molecule has 0 spiro atoms. The maximum Gasteiger partial charge on any atom is 0.258 e. The summed E-state index contributed by atoms with van der Waals surface area (Å²) in [4.78, 5) is 14.3. The number of amides is 1. The average Bonchev–Trinajstić information content (AvgIpc) is 2.38. The standard InChI is InChI=1S/C13H16BrNO2/c1-17-11-7-5-6-10(14)12(11)13(16)15-8-3-2-4-9-15/h5-7H,2-4,8-9H2,1H3. The number of piperidine rings is 1. The number of nitrogens with zero attached hydrogens (tertiary/aromatic N) is 1. The Bertz CT molecular complexity index is 414. The molecular weight excluding hydrogens is 282 g/mol. The first kappa shape index (κ1) is 12.4. The molecule has 1 heterocycles. The summed E-state index contributed by atoms with van der Waals surface area (Å²) in [6.45, 7) is 1.70. The highest BCUT2D eigenvalue weighted by molar-refractivity contribution is 9.10. The second-order valence-electron chi connectivity index (χ2n) is 4.17. The topological polar surface area (TPSA) is 29.5 Å². The van der Waals surface area contributed by atoms with Crippen LogP contribution in [0, 0.1) is 0 Å². The molecule has 92 valence electrons. The van der Waals surface area contributed by atoms with Crippen LogP contribution in [-0.2, 0) is 0 Å². The van der Waals surface area contributed by atoms with Crippen molar-refractivity contribution >= 4 is 21.8 Å². The van der Waals surface area contributed by atoms with Crippen molar-refractivity contribution in [1.82, 2.24) is 4.90 Å². The molecule has 0 unspecified atom stereocenters. The lowest BCUT2D eigenvalue weighted by Crippen LogP contribution is -2.36. The average molecular weight is 298 g/mol. The molecule has 0 bridgehead atoms. The maximum absolute atomic E-state index is 12.4. The SMILES string of the molecule is COc1cccc(Br)c1C(=O)N1CCCCC1. The molecule has 0 N–H and O–H groups in total. The van der Waals surface area contributed by atoms with E-state index in [0.29, 0.717) is 11.3 Å². The van der Waals surface area contributed by atoms with Crippen molar-refractivity contribution in [3.63, 3.8) is 0 Å². The fourth-order valence-electron chi connectivity index (χ4n) is 2.14. The molecule has 1 aliphatic rings. The van der Waals surface area contributed by atoms with Crippen molar-refractivity contribution in [2.75, 3.05) is 20.2 Å². The molecule has 1 aliphatic heterocycles. The van der Waals surface area contributed by atoms with Gasteiger partial charge in [-0.3, -0.25) is 4.79 Å². The molecule has 1 saturated heterocycles. The normalized spacial score (nSPS) is 15.8. The monoisotopic (exact) mass is 297 g/mol. The van der Waals surface area contributed by atoms with E-state index in [-0.39, 0.29) is 5.91 Å². The number of likely N-dealkylation sites (tertiary alicyclic amines) is 1. The fourth-order valence-corrected chi connectivity index (χ4v) is 2.65. The summed E-state index contributed by atoms with van der Waals surface area (Å²) in [5.41, 5.74) is 0.636. The Kier molecular flexibility index (Phi) is 4.05. The summed E-state index contributed by atoms with van der Waals surface area (Å²) in [7, 11) is 1.59.